The van der Waals surface area contributed by atoms with E-state index in [-0.39, 0.29) is 5.41 Å². The second-order valence-electron chi connectivity index (χ2n) is 4.42. The van der Waals surface area contributed by atoms with Gasteiger partial charge in [0.2, 0.25) is 0 Å². The molecule has 1 saturated carbocycles. The van der Waals surface area contributed by atoms with Gasteiger partial charge in [-0.3, -0.25) is 0 Å². The van der Waals surface area contributed by atoms with Crippen molar-refractivity contribution in [2.45, 2.75) is 18.8 Å². The minimum absolute atomic E-state index is 0.186. The van der Waals surface area contributed by atoms with Gasteiger partial charge in [0.05, 0.1) is 17.8 Å². The van der Waals surface area contributed by atoms with Crippen LogP contribution in [0.1, 0.15) is 17.5 Å². The van der Waals surface area contributed by atoms with Crippen molar-refractivity contribution >= 4 is 0 Å². The van der Waals surface area contributed by atoms with Crippen LogP contribution < -0.4 is 0 Å². The van der Waals surface area contributed by atoms with E-state index in [2.05, 4.69) is 37.8 Å². The van der Waals surface area contributed by atoms with Gasteiger partial charge in [0.15, 0.2) is 0 Å². The Morgan fingerprint density at radius 3 is 2.79 bits per heavy atom. The van der Waals surface area contributed by atoms with Crippen LogP contribution in [-0.4, -0.2) is 6.61 Å². The summed E-state index contributed by atoms with van der Waals surface area (Å²) in [6.45, 7) is 7.08. The molecule has 1 aromatic carbocycles. The first-order valence-electron chi connectivity index (χ1n) is 5.13. The molecule has 2 fully saturated rings. The molecule has 2 atom stereocenters. The predicted octanol–water partition coefficient (Wildman–Crippen LogP) is 2.80. The standard InChI is InChI=1S/C13H14O/c1-9-5-3-4-6-12(9)13-7-11(13)8-14-10(13)2/h3-6,11H,2,7-8H2,1H3. The van der Waals surface area contributed by atoms with Gasteiger partial charge in [-0.1, -0.05) is 30.8 Å². The molecule has 0 aromatic heterocycles. The molecule has 2 unspecified atom stereocenters. The number of benzene rings is 1. The van der Waals surface area contributed by atoms with Crippen molar-refractivity contribution in [2.75, 3.05) is 6.61 Å². The van der Waals surface area contributed by atoms with Gasteiger partial charge < -0.3 is 4.74 Å². The highest BCUT2D eigenvalue weighted by atomic mass is 16.5. The average molecular weight is 186 g/mol. The molecule has 1 saturated heterocycles. The number of hydrogen-bond donors (Lipinski definition) is 0. The second-order valence-corrected chi connectivity index (χ2v) is 4.42. The molecular weight excluding hydrogens is 172 g/mol. The topological polar surface area (TPSA) is 9.23 Å². The zero-order chi connectivity index (χ0) is 9.76. The van der Waals surface area contributed by atoms with E-state index in [0.717, 1.165) is 12.4 Å². The van der Waals surface area contributed by atoms with Gasteiger partial charge >= 0.3 is 0 Å². The van der Waals surface area contributed by atoms with Crippen LogP contribution in [0.3, 0.4) is 0 Å². The number of allylic oxidation sites excluding steroid dienone is 1. The molecule has 1 heteroatoms. The van der Waals surface area contributed by atoms with Crippen LogP contribution in [-0.2, 0) is 10.2 Å². The summed E-state index contributed by atoms with van der Waals surface area (Å²) < 4.78 is 5.53. The first kappa shape index (κ1) is 8.10. The van der Waals surface area contributed by atoms with Gasteiger partial charge in [-0.2, -0.15) is 0 Å². The van der Waals surface area contributed by atoms with E-state index < -0.39 is 0 Å². The lowest BCUT2D eigenvalue weighted by atomic mass is 9.89. The van der Waals surface area contributed by atoms with E-state index >= 15 is 0 Å². The van der Waals surface area contributed by atoms with Gasteiger partial charge in [0.25, 0.3) is 0 Å². The number of ether oxygens (including phenoxy) is 1. The number of rotatable bonds is 1. The molecule has 1 aliphatic carbocycles. The van der Waals surface area contributed by atoms with Gasteiger partial charge in [-0.05, 0) is 24.5 Å². The van der Waals surface area contributed by atoms with Gasteiger partial charge in [0.1, 0.15) is 0 Å². The Kier molecular flexibility index (Phi) is 1.40. The summed E-state index contributed by atoms with van der Waals surface area (Å²) >= 11 is 0. The lowest BCUT2D eigenvalue weighted by Gasteiger charge is -2.16. The highest BCUT2D eigenvalue weighted by molar-refractivity contribution is 5.47. The lowest BCUT2D eigenvalue weighted by Crippen LogP contribution is -2.10. The molecule has 0 bridgehead atoms. The fourth-order valence-electron chi connectivity index (χ4n) is 2.76. The highest BCUT2D eigenvalue weighted by Crippen LogP contribution is 2.63. The maximum atomic E-state index is 5.53. The fraction of sp³-hybridized carbons (Fsp3) is 0.385. The smallest absolute Gasteiger partial charge is 0.0998 e. The van der Waals surface area contributed by atoms with Crippen molar-refractivity contribution in [3.63, 3.8) is 0 Å². The van der Waals surface area contributed by atoms with Crippen LogP contribution in [0.25, 0.3) is 0 Å². The maximum Gasteiger partial charge on any atom is 0.0998 e. The fourth-order valence-corrected chi connectivity index (χ4v) is 2.76. The molecule has 0 spiro atoms. The summed E-state index contributed by atoms with van der Waals surface area (Å²) in [6.07, 6.45) is 1.23. The third-order valence-corrected chi connectivity index (χ3v) is 3.69. The van der Waals surface area contributed by atoms with Crippen LogP contribution in [0, 0.1) is 12.8 Å². The van der Waals surface area contributed by atoms with E-state index in [1.54, 1.807) is 0 Å². The van der Waals surface area contributed by atoms with Crippen LogP contribution in [0.5, 0.6) is 0 Å². The van der Waals surface area contributed by atoms with Crippen LogP contribution >= 0.6 is 0 Å². The van der Waals surface area contributed by atoms with Gasteiger partial charge in [-0.25, -0.2) is 0 Å². The average Bonchev–Trinajstić information content (AvgIpc) is 2.83. The number of fused-ring (bicyclic) bond motifs is 1. The zero-order valence-corrected chi connectivity index (χ0v) is 8.42. The van der Waals surface area contributed by atoms with Crippen LogP contribution in [0.2, 0.25) is 0 Å². The molecule has 0 radical (unpaired) electrons. The Balaban J connectivity index is 2.12. The van der Waals surface area contributed by atoms with E-state index in [1.807, 2.05) is 0 Å². The second kappa shape index (κ2) is 2.41. The maximum absolute atomic E-state index is 5.53. The normalized spacial score (nSPS) is 33.8. The lowest BCUT2D eigenvalue weighted by molar-refractivity contribution is 0.230. The Bertz CT molecular complexity index is 407. The minimum atomic E-state index is 0.186. The molecule has 0 N–H and O–H groups in total. The Morgan fingerprint density at radius 2 is 2.21 bits per heavy atom. The summed E-state index contributed by atoms with van der Waals surface area (Å²) in [5.74, 6) is 1.67. The molecule has 0 amide bonds. The molecule has 14 heavy (non-hydrogen) atoms. The van der Waals surface area contributed by atoms with E-state index in [0.29, 0.717) is 5.92 Å². The van der Waals surface area contributed by atoms with E-state index in [1.165, 1.54) is 17.5 Å². The quantitative estimate of drug-likeness (QED) is 0.655. The van der Waals surface area contributed by atoms with Crippen LogP contribution in [0.15, 0.2) is 36.6 Å². The minimum Gasteiger partial charge on any atom is -0.497 e. The molecule has 72 valence electrons. The van der Waals surface area contributed by atoms with Crippen molar-refractivity contribution in [1.29, 1.82) is 0 Å². The molecule has 2 aliphatic rings. The molecule has 1 nitrogen and oxygen atoms in total. The summed E-state index contributed by atoms with van der Waals surface area (Å²) in [5.41, 5.74) is 2.97. The molecule has 3 rings (SSSR count). The van der Waals surface area contributed by atoms with E-state index in [4.69, 9.17) is 4.74 Å². The summed E-state index contributed by atoms with van der Waals surface area (Å²) in [5, 5.41) is 0. The third-order valence-electron chi connectivity index (χ3n) is 3.69. The third kappa shape index (κ3) is 0.802. The van der Waals surface area contributed by atoms with Crippen LogP contribution in [0.4, 0.5) is 0 Å². The molecule has 1 heterocycles. The van der Waals surface area contributed by atoms with Crippen molar-refractivity contribution in [2.24, 2.45) is 5.92 Å². The summed E-state index contributed by atoms with van der Waals surface area (Å²) in [4.78, 5) is 0. The van der Waals surface area contributed by atoms with Gasteiger partial charge in [0, 0.05) is 5.92 Å². The Morgan fingerprint density at radius 1 is 1.43 bits per heavy atom. The van der Waals surface area contributed by atoms with E-state index in [9.17, 15) is 0 Å². The van der Waals surface area contributed by atoms with Crippen molar-refractivity contribution < 1.29 is 4.74 Å². The Hall–Kier alpha value is -1.24. The Labute approximate surface area is 84.4 Å². The summed E-state index contributed by atoms with van der Waals surface area (Å²) in [7, 11) is 0. The molecule has 1 aromatic rings. The molecular formula is C13H14O. The van der Waals surface area contributed by atoms with Crippen molar-refractivity contribution in [1.82, 2.24) is 0 Å². The number of hydrogen-bond acceptors (Lipinski definition) is 1. The first-order chi connectivity index (χ1) is 6.75. The predicted molar refractivity (Wildman–Crippen MR) is 56.1 cm³/mol. The van der Waals surface area contributed by atoms with Crippen molar-refractivity contribution in [3.8, 4) is 0 Å². The SMILES string of the molecule is C=C1OCC2CC12c1ccccc1C. The summed E-state index contributed by atoms with van der Waals surface area (Å²) in [6, 6.07) is 8.59. The first-order valence-corrected chi connectivity index (χ1v) is 5.13. The van der Waals surface area contributed by atoms with Gasteiger partial charge in [-0.15, -0.1) is 0 Å². The zero-order valence-electron chi connectivity index (χ0n) is 8.42. The number of aryl methyl sites for hydroxylation is 1. The largest absolute Gasteiger partial charge is 0.497 e. The highest BCUT2D eigenvalue weighted by Gasteiger charge is 2.63. The monoisotopic (exact) mass is 186 g/mol. The molecule has 1 aliphatic heterocycles. The van der Waals surface area contributed by atoms with Crippen molar-refractivity contribution in [3.05, 3.63) is 47.7 Å².